The number of aryl methyl sites for hydroxylation is 1. The molecule has 0 saturated carbocycles. The molecule has 29 heavy (non-hydrogen) atoms. The fourth-order valence-electron chi connectivity index (χ4n) is 4.71. The molecule has 2 aliphatic heterocycles. The molecule has 1 amide bonds. The zero-order chi connectivity index (χ0) is 19.7. The molecule has 0 radical (unpaired) electrons. The van der Waals surface area contributed by atoms with E-state index >= 15 is 0 Å². The van der Waals surface area contributed by atoms with Crippen molar-refractivity contribution in [2.45, 2.75) is 65.0 Å². The molecule has 2 aliphatic rings. The van der Waals surface area contributed by atoms with Crippen LogP contribution in [0.15, 0.2) is 18.2 Å². The number of benzene rings is 1. The van der Waals surface area contributed by atoms with Crippen LogP contribution in [0.1, 0.15) is 77.1 Å². The van der Waals surface area contributed by atoms with Crippen molar-refractivity contribution >= 4 is 18.3 Å². The first-order valence-electron chi connectivity index (χ1n) is 10.6. The summed E-state index contributed by atoms with van der Waals surface area (Å²) in [6.07, 6.45) is 5.29. The second-order valence-electron chi connectivity index (χ2n) is 8.25. The van der Waals surface area contributed by atoms with Crippen molar-refractivity contribution in [2.24, 2.45) is 0 Å². The Morgan fingerprint density at radius 2 is 1.86 bits per heavy atom. The van der Waals surface area contributed by atoms with Crippen molar-refractivity contribution in [2.75, 3.05) is 19.6 Å². The summed E-state index contributed by atoms with van der Waals surface area (Å²) in [6, 6.07) is 6.89. The van der Waals surface area contributed by atoms with Crippen molar-refractivity contribution < 1.29 is 4.79 Å². The Morgan fingerprint density at radius 1 is 1.10 bits per heavy atom. The Morgan fingerprint density at radius 3 is 2.62 bits per heavy atom. The van der Waals surface area contributed by atoms with Gasteiger partial charge in [-0.3, -0.25) is 4.79 Å². The third-order valence-electron chi connectivity index (χ3n) is 6.55. The van der Waals surface area contributed by atoms with Crippen LogP contribution < -0.4 is 5.32 Å². The molecule has 2 aromatic rings. The van der Waals surface area contributed by atoms with E-state index in [0.29, 0.717) is 11.7 Å². The summed E-state index contributed by atoms with van der Waals surface area (Å²) >= 11 is 0. The van der Waals surface area contributed by atoms with Crippen molar-refractivity contribution in [3.05, 3.63) is 46.3 Å². The molecular formula is C22H32ClN5O. The summed E-state index contributed by atoms with van der Waals surface area (Å²) in [7, 11) is 0. The lowest BCUT2D eigenvalue weighted by atomic mass is 9.90. The minimum Gasteiger partial charge on any atom is -0.330 e. The van der Waals surface area contributed by atoms with E-state index in [-0.39, 0.29) is 24.4 Å². The number of piperidine rings is 2. The van der Waals surface area contributed by atoms with Gasteiger partial charge in [0.2, 0.25) is 0 Å². The average molecular weight is 418 g/mol. The maximum atomic E-state index is 13.5. The first-order chi connectivity index (χ1) is 13.6. The molecule has 1 atom stereocenters. The number of carbonyl (C=O) groups excluding carboxylic acids is 1. The summed E-state index contributed by atoms with van der Waals surface area (Å²) in [6.45, 7) is 9.08. The monoisotopic (exact) mass is 417 g/mol. The van der Waals surface area contributed by atoms with E-state index in [4.69, 9.17) is 0 Å². The quantitative estimate of drug-likeness (QED) is 0.822. The average Bonchev–Trinajstić information content (AvgIpc) is 3.11. The molecule has 1 aromatic heterocycles. The number of likely N-dealkylation sites (tertiary alicyclic amines) is 1. The molecule has 2 saturated heterocycles. The molecule has 3 heterocycles. The second-order valence-corrected chi connectivity index (χ2v) is 8.25. The van der Waals surface area contributed by atoms with Crippen molar-refractivity contribution in [1.29, 1.82) is 0 Å². The second kappa shape index (κ2) is 9.26. The zero-order valence-electron chi connectivity index (χ0n) is 17.6. The summed E-state index contributed by atoms with van der Waals surface area (Å²) in [5, 5.41) is 12.1. The molecule has 6 nitrogen and oxygen atoms in total. The maximum absolute atomic E-state index is 13.5. The zero-order valence-corrected chi connectivity index (χ0v) is 18.5. The van der Waals surface area contributed by atoms with Crippen LogP contribution in [0, 0.1) is 20.8 Å². The number of halogens is 1. The summed E-state index contributed by atoms with van der Waals surface area (Å²) in [5.74, 6) is 0.0308. The van der Waals surface area contributed by atoms with Gasteiger partial charge in [0.25, 0.3) is 5.91 Å². The number of amides is 1. The van der Waals surface area contributed by atoms with E-state index < -0.39 is 0 Å². The highest BCUT2D eigenvalue weighted by atomic mass is 35.5. The summed E-state index contributed by atoms with van der Waals surface area (Å²) in [5.41, 5.74) is 5.28. The van der Waals surface area contributed by atoms with Crippen LogP contribution in [0.25, 0.3) is 0 Å². The largest absolute Gasteiger partial charge is 0.330 e. The van der Waals surface area contributed by atoms with Crippen LogP contribution in [-0.4, -0.2) is 45.4 Å². The predicted molar refractivity (Wildman–Crippen MR) is 117 cm³/mol. The molecule has 0 bridgehead atoms. The van der Waals surface area contributed by atoms with E-state index in [2.05, 4.69) is 47.7 Å². The van der Waals surface area contributed by atoms with Crippen LogP contribution in [0.3, 0.4) is 0 Å². The Balaban J connectivity index is 0.00000240. The molecule has 4 rings (SSSR count). The van der Waals surface area contributed by atoms with Gasteiger partial charge in [-0.05, 0) is 82.7 Å². The van der Waals surface area contributed by atoms with Crippen molar-refractivity contribution in [3.63, 3.8) is 0 Å². The lowest BCUT2D eigenvalue weighted by Gasteiger charge is -2.36. The molecule has 1 aromatic carbocycles. The Bertz CT molecular complexity index is 859. The van der Waals surface area contributed by atoms with Crippen molar-refractivity contribution in [1.82, 2.24) is 25.2 Å². The Labute approximate surface area is 179 Å². The molecule has 0 aliphatic carbocycles. The number of nitrogens with one attached hydrogen (secondary N) is 1. The van der Waals surface area contributed by atoms with E-state index in [1.807, 2.05) is 16.5 Å². The normalized spacial score (nSPS) is 20.4. The molecule has 158 valence electrons. The van der Waals surface area contributed by atoms with Crippen LogP contribution >= 0.6 is 12.4 Å². The highest BCUT2D eigenvalue weighted by Crippen LogP contribution is 2.35. The van der Waals surface area contributed by atoms with Gasteiger partial charge in [0.05, 0.1) is 17.8 Å². The maximum Gasteiger partial charge on any atom is 0.276 e. The van der Waals surface area contributed by atoms with Gasteiger partial charge in [-0.25, -0.2) is 4.68 Å². The standard InChI is InChI=1S/C22H31N5O.ClH/c1-15-7-6-8-19(16(15)2)20-9-4-5-14-26(20)22(28)21-17(3)27(25-24-21)18-10-12-23-13-11-18;/h6-8,18,20,23H,4-5,9-14H2,1-3H3;1H. The molecular weight excluding hydrogens is 386 g/mol. The number of carbonyl (C=O) groups is 1. The number of rotatable bonds is 3. The number of hydrogen-bond donors (Lipinski definition) is 1. The van der Waals surface area contributed by atoms with E-state index in [0.717, 1.165) is 57.4 Å². The molecule has 0 spiro atoms. The molecule has 2 fully saturated rings. The SMILES string of the molecule is Cc1cccc(C2CCCCN2C(=O)c2nnn(C3CCNCC3)c2C)c1C.Cl. The van der Waals surface area contributed by atoms with Gasteiger partial charge >= 0.3 is 0 Å². The fourth-order valence-corrected chi connectivity index (χ4v) is 4.71. The summed E-state index contributed by atoms with van der Waals surface area (Å²) < 4.78 is 1.98. The predicted octanol–water partition coefficient (Wildman–Crippen LogP) is 3.92. The first-order valence-corrected chi connectivity index (χ1v) is 10.6. The first kappa shape index (κ1) is 21.8. The van der Waals surface area contributed by atoms with Crippen LogP contribution in [0.5, 0.6) is 0 Å². The third kappa shape index (κ3) is 4.19. The number of nitrogens with zero attached hydrogens (tertiary/aromatic N) is 4. The number of aromatic nitrogens is 3. The lowest BCUT2D eigenvalue weighted by Crippen LogP contribution is -2.39. The number of hydrogen-bond acceptors (Lipinski definition) is 4. The highest BCUT2D eigenvalue weighted by molar-refractivity contribution is 5.93. The van der Waals surface area contributed by atoms with Crippen LogP contribution in [0.4, 0.5) is 0 Å². The topological polar surface area (TPSA) is 63.1 Å². The smallest absolute Gasteiger partial charge is 0.276 e. The molecule has 1 N–H and O–H groups in total. The Hall–Kier alpha value is -1.92. The van der Waals surface area contributed by atoms with E-state index in [1.54, 1.807) is 0 Å². The van der Waals surface area contributed by atoms with Gasteiger partial charge in [-0.1, -0.05) is 23.4 Å². The van der Waals surface area contributed by atoms with Gasteiger partial charge < -0.3 is 10.2 Å². The van der Waals surface area contributed by atoms with Gasteiger partial charge in [-0.2, -0.15) is 0 Å². The van der Waals surface area contributed by atoms with Crippen molar-refractivity contribution in [3.8, 4) is 0 Å². The minimum absolute atomic E-state index is 0. The van der Waals surface area contributed by atoms with Crippen LogP contribution in [-0.2, 0) is 0 Å². The van der Waals surface area contributed by atoms with Gasteiger partial charge in [0.1, 0.15) is 0 Å². The molecule has 7 heteroatoms. The summed E-state index contributed by atoms with van der Waals surface area (Å²) in [4.78, 5) is 15.5. The lowest BCUT2D eigenvalue weighted by molar-refractivity contribution is 0.0603. The fraction of sp³-hybridized carbons (Fsp3) is 0.591. The van der Waals surface area contributed by atoms with Crippen LogP contribution in [0.2, 0.25) is 0 Å². The van der Waals surface area contributed by atoms with E-state index in [1.165, 1.54) is 16.7 Å². The Kier molecular flexibility index (Phi) is 6.96. The van der Waals surface area contributed by atoms with Gasteiger partial charge in [0.15, 0.2) is 5.69 Å². The van der Waals surface area contributed by atoms with Gasteiger partial charge in [-0.15, -0.1) is 17.5 Å². The third-order valence-corrected chi connectivity index (χ3v) is 6.55. The molecule has 1 unspecified atom stereocenters. The minimum atomic E-state index is 0. The van der Waals surface area contributed by atoms with E-state index in [9.17, 15) is 4.79 Å². The highest BCUT2D eigenvalue weighted by Gasteiger charge is 2.33. The van der Waals surface area contributed by atoms with Gasteiger partial charge in [0, 0.05) is 6.54 Å².